The number of aromatic nitrogens is 1. The molecule has 148 valence electrons. The van der Waals surface area contributed by atoms with Gasteiger partial charge in [0.1, 0.15) is 5.84 Å². The number of benzene rings is 2. The average molecular weight is 413 g/mol. The number of aryl methyl sites for hydroxylation is 1. The maximum atomic E-state index is 12.6. The van der Waals surface area contributed by atoms with Crippen LogP contribution in [-0.2, 0) is 4.79 Å². The largest absolute Gasteiger partial charge is 0.318 e. The molecule has 0 atom stereocenters. The second-order valence-electron chi connectivity index (χ2n) is 7.51. The van der Waals surface area contributed by atoms with Crippen LogP contribution in [0.3, 0.4) is 0 Å². The molecule has 0 fully saturated rings. The maximum Gasteiger partial charge on any atom is 0.283 e. The highest BCUT2D eigenvalue weighted by atomic mass is 32.2. The lowest BCUT2D eigenvalue weighted by atomic mass is 10.1. The van der Waals surface area contributed by atoms with Crippen molar-refractivity contribution in [2.24, 2.45) is 4.99 Å². The zero-order valence-electron chi connectivity index (χ0n) is 16.9. The minimum absolute atomic E-state index is 0.180. The van der Waals surface area contributed by atoms with Crippen molar-refractivity contribution in [3.63, 3.8) is 0 Å². The van der Waals surface area contributed by atoms with E-state index in [9.17, 15) is 4.79 Å². The van der Waals surface area contributed by atoms with Gasteiger partial charge in [0, 0.05) is 22.8 Å². The molecule has 0 bridgehead atoms. The van der Waals surface area contributed by atoms with Crippen LogP contribution in [0.4, 0.5) is 0 Å². The normalized spacial score (nSPS) is 17.6. The summed E-state index contributed by atoms with van der Waals surface area (Å²) in [5, 5.41) is 13.4. The fourth-order valence-corrected chi connectivity index (χ4v) is 4.90. The summed E-state index contributed by atoms with van der Waals surface area (Å²) in [6.07, 6.45) is 1.79. The summed E-state index contributed by atoms with van der Waals surface area (Å²) in [7, 11) is 0. The van der Waals surface area contributed by atoms with Crippen molar-refractivity contribution in [3.8, 4) is 5.69 Å². The molecule has 0 aliphatic carbocycles. The molecule has 2 aliphatic heterocycles. The fraction of sp³-hybridized carbons (Fsp3) is 0.125. The Kier molecular flexibility index (Phi) is 4.25. The minimum atomic E-state index is -0.364. The van der Waals surface area contributed by atoms with Crippen molar-refractivity contribution in [3.05, 3.63) is 82.2 Å². The lowest BCUT2D eigenvalue weighted by Gasteiger charge is -2.25. The number of carbonyl (C=O) groups excluding carboxylic acids is 1. The van der Waals surface area contributed by atoms with E-state index in [-0.39, 0.29) is 11.7 Å². The van der Waals surface area contributed by atoms with Crippen molar-refractivity contribution in [2.75, 3.05) is 0 Å². The highest BCUT2D eigenvalue weighted by molar-refractivity contribution is 8.16. The van der Waals surface area contributed by atoms with Gasteiger partial charge in [-0.25, -0.2) is 0 Å². The summed E-state index contributed by atoms with van der Waals surface area (Å²) in [5.41, 5.74) is 5.31. The molecule has 30 heavy (non-hydrogen) atoms. The quantitative estimate of drug-likeness (QED) is 0.572. The SMILES string of the molecule is CC1=CSC2=NC(=O)C(=Cc3cc(C)n(-c4ccc5ccccc5c4)c3C)C(=N)N12. The molecule has 0 radical (unpaired) electrons. The number of fused-ring (bicyclic) bond motifs is 2. The molecule has 6 heteroatoms. The van der Waals surface area contributed by atoms with Gasteiger partial charge in [0.05, 0.1) is 5.57 Å². The molecule has 0 saturated heterocycles. The van der Waals surface area contributed by atoms with Gasteiger partial charge in [0.25, 0.3) is 5.91 Å². The first kappa shape index (κ1) is 18.6. The molecule has 3 aromatic rings. The van der Waals surface area contributed by atoms with Gasteiger partial charge in [-0.05, 0) is 66.8 Å². The number of carbonyl (C=O) groups is 1. The number of hydrogen-bond donors (Lipinski definition) is 1. The van der Waals surface area contributed by atoms with Crippen LogP contribution >= 0.6 is 11.8 Å². The molecule has 5 rings (SSSR count). The number of amidine groups is 2. The predicted octanol–water partition coefficient (Wildman–Crippen LogP) is 5.41. The first-order valence-corrected chi connectivity index (χ1v) is 10.6. The van der Waals surface area contributed by atoms with Gasteiger partial charge in [0.2, 0.25) is 0 Å². The molecule has 0 unspecified atom stereocenters. The number of amides is 1. The molecule has 2 aromatic carbocycles. The Morgan fingerprint density at radius 1 is 1.03 bits per heavy atom. The second kappa shape index (κ2) is 6.85. The number of thioether (sulfide) groups is 1. The first-order valence-electron chi connectivity index (χ1n) is 9.69. The molecule has 0 saturated carbocycles. The van der Waals surface area contributed by atoms with Gasteiger partial charge in [-0.15, -0.1) is 0 Å². The molecule has 1 aromatic heterocycles. The van der Waals surface area contributed by atoms with Crippen LogP contribution < -0.4 is 0 Å². The third-order valence-electron chi connectivity index (χ3n) is 5.55. The van der Waals surface area contributed by atoms with Crippen LogP contribution in [0, 0.1) is 19.3 Å². The van der Waals surface area contributed by atoms with E-state index in [0.717, 1.165) is 28.3 Å². The Balaban J connectivity index is 1.59. The second-order valence-corrected chi connectivity index (χ2v) is 8.35. The van der Waals surface area contributed by atoms with E-state index in [0.29, 0.717) is 10.7 Å². The van der Waals surface area contributed by atoms with Gasteiger partial charge in [-0.2, -0.15) is 4.99 Å². The number of aliphatic imine (C=N–C) groups is 1. The number of rotatable bonds is 2. The van der Waals surface area contributed by atoms with Crippen molar-refractivity contribution in [1.82, 2.24) is 9.47 Å². The maximum absolute atomic E-state index is 12.6. The molecular formula is C24H20N4OS. The van der Waals surface area contributed by atoms with Crippen molar-refractivity contribution >= 4 is 45.5 Å². The molecule has 3 heterocycles. The van der Waals surface area contributed by atoms with Crippen LogP contribution in [0.15, 0.2) is 70.2 Å². The summed E-state index contributed by atoms with van der Waals surface area (Å²) in [6.45, 7) is 6.01. The van der Waals surface area contributed by atoms with E-state index >= 15 is 0 Å². The average Bonchev–Trinajstić information content (AvgIpc) is 3.23. The Morgan fingerprint density at radius 3 is 2.60 bits per heavy atom. The van der Waals surface area contributed by atoms with E-state index in [4.69, 9.17) is 5.41 Å². The van der Waals surface area contributed by atoms with Crippen LogP contribution in [0.5, 0.6) is 0 Å². The minimum Gasteiger partial charge on any atom is -0.318 e. The van der Waals surface area contributed by atoms with Gasteiger partial charge >= 0.3 is 0 Å². The summed E-state index contributed by atoms with van der Waals surface area (Å²) in [6, 6.07) is 16.8. The molecule has 1 amide bonds. The molecule has 2 aliphatic rings. The molecule has 1 N–H and O–H groups in total. The third-order valence-corrected chi connectivity index (χ3v) is 6.49. The summed E-state index contributed by atoms with van der Waals surface area (Å²) in [5.74, 6) is -0.184. The van der Waals surface area contributed by atoms with Gasteiger partial charge in [-0.3, -0.25) is 15.1 Å². The number of nitrogens with one attached hydrogen (secondary N) is 1. The van der Waals surface area contributed by atoms with Crippen molar-refractivity contribution < 1.29 is 4.79 Å². The highest BCUT2D eigenvalue weighted by Gasteiger charge is 2.34. The van der Waals surface area contributed by atoms with Crippen LogP contribution in [0.2, 0.25) is 0 Å². The predicted molar refractivity (Wildman–Crippen MR) is 124 cm³/mol. The zero-order chi connectivity index (χ0) is 21.0. The first-order chi connectivity index (χ1) is 14.4. The summed E-state index contributed by atoms with van der Waals surface area (Å²) < 4.78 is 2.18. The van der Waals surface area contributed by atoms with Crippen LogP contribution in [-0.4, -0.2) is 26.4 Å². The monoisotopic (exact) mass is 412 g/mol. The molecule has 0 spiro atoms. The Bertz CT molecular complexity index is 1340. The zero-order valence-corrected chi connectivity index (χ0v) is 17.7. The number of hydrogen-bond acceptors (Lipinski definition) is 3. The smallest absolute Gasteiger partial charge is 0.283 e. The third kappa shape index (κ3) is 2.83. The van der Waals surface area contributed by atoms with E-state index in [1.54, 1.807) is 11.0 Å². The van der Waals surface area contributed by atoms with Crippen molar-refractivity contribution in [1.29, 1.82) is 5.41 Å². The van der Waals surface area contributed by atoms with Crippen LogP contribution in [0.1, 0.15) is 23.9 Å². The summed E-state index contributed by atoms with van der Waals surface area (Å²) in [4.78, 5) is 18.5. The topological polar surface area (TPSA) is 61.5 Å². The Morgan fingerprint density at radius 2 is 1.80 bits per heavy atom. The van der Waals surface area contributed by atoms with E-state index in [1.165, 1.54) is 22.5 Å². The highest BCUT2D eigenvalue weighted by Crippen LogP contribution is 2.33. The molecular weight excluding hydrogens is 392 g/mol. The van der Waals surface area contributed by atoms with Gasteiger partial charge < -0.3 is 4.57 Å². The number of nitrogens with zero attached hydrogens (tertiary/aromatic N) is 3. The Labute approximate surface area is 178 Å². The van der Waals surface area contributed by atoms with E-state index in [2.05, 4.69) is 52.9 Å². The van der Waals surface area contributed by atoms with E-state index in [1.807, 2.05) is 31.4 Å². The van der Waals surface area contributed by atoms with Crippen molar-refractivity contribution in [2.45, 2.75) is 20.8 Å². The lowest BCUT2D eigenvalue weighted by Crippen LogP contribution is -2.37. The number of allylic oxidation sites excluding steroid dienone is 1. The van der Waals surface area contributed by atoms with Crippen LogP contribution in [0.25, 0.3) is 22.5 Å². The lowest BCUT2D eigenvalue weighted by molar-refractivity contribution is -0.114. The van der Waals surface area contributed by atoms with Gasteiger partial charge in [0.15, 0.2) is 5.17 Å². The molecule has 5 nitrogen and oxygen atoms in total. The Hall–Kier alpha value is -3.38. The van der Waals surface area contributed by atoms with E-state index < -0.39 is 0 Å². The van der Waals surface area contributed by atoms with Gasteiger partial charge in [-0.1, -0.05) is 42.1 Å². The standard InChI is InChI=1S/C24H20N4OS/c1-14-10-19(12-21-22(25)28-15(2)13-30-24(28)26-23(21)29)16(3)27(14)20-9-8-17-6-4-5-7-18(17)11-20/h4-13,25H,1-3H3. The fourth-order valence-electron chi connectivity index (χ4n) is 4.04. The summed E-state index contributed by atoms with van der Waals surface area (Å²) >= 11 is 1.38.